The van der Waals surface area contributed by atoms with Gasteiger partial charge in [0.1, 0.15) is 5.82 Å². The van der Waals surface area contributed by atoms with Crippen LogP contribution in [0.25, 0.3) is 0 Å². The molecule has 2 aromatic carbocycles. The fraction of sp³-hybridized carbons (Fsp3) is 0.222. The zero-order valence-electron chi connectivity index (χ0n) is 13.1. The SMILES string of the molecule is Cc1cc(Br)ccc1N1C[C@@H](C(=O)Nc2ccccc2F)CC1=O. The molecular formula is C18H16BrFN2O2. The van der Waals surface area contributed by atoms with Crippen molar-refractivity contribution in [1.29, 1.82) is 0 Å². The van der Waals surface area contributed by atoms with Crippen molar-refractivity contribution < 1.29 is 14.0 Å². The molecule has 6 heteroatoms. The Hall–Kier alpha value is -2.21. The first-order valence-corrected chi connectivity index (χ1v) is 8.37. The molecule has 1 fully saturated rings. The van der Waals surface area contributed by atoms with E-state index >= 15 is 0 Å². The van der Waals surface area contributed by atoms with Crippen molar-refractivity contribution >= 4 is 39.1 Å². The number of carbonyl (C=O) groups excluding carboxylic acids is 2. The van der Waals surface area contributed by atoms with E-state index in [0.717, 1.165) is 15.7 Å². The molecule has 1 saturated heterocycles. The summed E-state index contributed by atoms with van der Waals surface area (Å²) in [5, 5.41) is 2.57. The lowest BCUT2D eigenvalue weighted by atomic mass is 10.1. The second-order valence-electron chi connectivity index (χ2n) is 5.81. The Bertz CT molecular complexity index is 809. The van der Waals surface area contributed by atoms with Crippen LogP contribution in [0.3, 0.4) is 0 Å². The highest BCUT2D eigenvalue weighted by Crippen LogP contribution is 2.30. The molecule has 1 heterocycles. The van der Waals surface area contributed by atoms with Crippen LogP contribution in [0.4, 0.5) is 15.8 Å². The molecule has 0 aliphatic carbocycles. The van der Waals surface area contributed by atoms with Gasteiger partial charge in [-0.15, -0.1) is 0 Å². The molecule has 2 amide bonds. The zero-order valence-corrected chi connectivity index (χ0v) is 14.6. The number of hydrogen-bond acceptors (Lipinski definition) is 2. The Morgan fingerprint density at radius 3 is 2.75 bits per heavy atom. The van der Waals surface area contributed by atoms with Crippen molar-refractivity contribution in [1.82, 2.24) is 0 Å². The number of halogens is 2. The van der Waals surface area contributed by atoms with Crippen molar-refractivity contribution in [2.75, 3.05) is 16.8 Å². The number of para-hydroxylation sites is 1. The Morgan fingerprint density at radius 2 is 2.04 bits per heavy atom. The van der Waals surface area contributed by atoms with Crippen LogP contribution >= 0.6 is 15.9 Å². The average Bonchev–Trinajstić information content (AvgIpc) is 2.91. The minimum absolute atomic E-state index is 0.103. The van der Waals surface area contributed by atoms with Gasteiger partial charge in [-0.3, -0.25) is 9.59 Å². The van der Waals surface area contributed by atoms with E-state index in [9.17, 15) is 14.0 Å². The fourth-order valence-corrected chi connectivity index (χ4v) is 3.31. The number of nitrogens with one attached hydrogen (secondary N) is 1. The van der Waals surface area contributed by atoms with E-state index in [2.05, 4.69) is 21.2 Å². The third-order valence-electron chi connectivity index (χ3n) is 4.08. The van der Waals surface area contributed by atoms with E-state index in [1.165, 1.54) is 12.1 Å². The van der Waals surface area contributed by atoms with Crippen LogP contribution in [0.15, 0.2) is 46.9 Å². The molecule has 0 spiro atoms. The number of carbonyl (C=O) groups is 2. The van der Waals surface area contributed by atoms with Gasteiger partial charge in [-0.1, -0.05) is 28.1 Å². The molecule has 4 nitrogen and oxygen atoms in total. The van der Waals surface area contributed by atoms with Crippen molar-refractivity contribution in [3.63, 3.8) is 0 Å². The van der Waals surface area contributed by atoms with Gasteiger partial charge in [0, 0.05) is 23.1 Å². The van der Waals surface area contributed by atoms with Gasteiger partial charge in [-0.2, -0.15) is 0 Å². The van der Waals surface area contributed by atoms with E-state index in [-0.39, 0.29) is 23.9 Å². The van der Waals surface area contributed by atoms with E-state index in [4.69, 9.17) is 0 Å². The minimum atomic E-state index is -0.500. The molecule has 1 N–H and O–H groups in total. The van der Waals surface area contributed by atoms with Crippen LogP contribution in [-0.4, -0.2) is 18.4 Å². The van der Waals surface area contributed by atoms with Gasteiger partial charge in [0.15, 0.2) is 0 Å². The Labute approximate surface area is 147 Å². The van der Waals surface area contributed by atoms with Crippen molar-refractivity contribution in [3.05, 3.63) is 58.3 Å². The molecule has 24 heavy (non-hydrogen) atoms. The topological polar surface area (TPSA) is 49.4 Å². The Morgan fingerprint density at radius 1 is 1.29 bits per heavy atom. The van der Waals surface area contributed by atoms with Crippen LogP contribution in [0, 0.1) is 18.7 Å². The maximum absolute atomic E-state index is 13.6. The first-order valence-electron chi connectivity index (χ1n) is 7.57. The predicted octanol–water partition coefficient (Wildman–Crippen LogP) is 3.89. The summed E-state index contributed by atoms with van der Waals surface area (Å²) in [5.74, 6) is -1.43. The summed E-state index contributed by atoms with van der Waals surface area (Å²) in [6.07, 6.45) is 0.121. The first-order chi connectivity index (χ1) is 11.5. The molecule has 1 atom stereocenters. The lowest BCUT2D eigenvalue weighted by Gasteiger charge is -2.19. The Balaban J connectivity index is 1.74. The molecule has 0 aromatic heterocycles. The predicted molar refractivity (Wildman–Crippen MR) is 94.4 cm³/mol. The third kappa shape index (κ3) is 3.33. The lowest BCUT2D eigenvalue weighted by Crippen LogP contribution is -2.28. The monoisotopic (exact) mass is 390 g/mol. The molecule has 124 valence electrons. The van der Waals surface area contributed by atoms with E-state index in [0.29, 0.717) is 6.54 Å². The normalized spacial score (nSPS) is 17.2. The number of anilines is 2. The highest BCUT2D eigenvalue weighted by molar-refractivity contribution is 9.10. The molecule has 1 aliphatic rings. The van der Waals surface area contributed by atoms with Gasteiger partial charge in [-0.25, -0.2) is 4.39 Å². The molecular weight excluding hydrogens is 375 g/mol. The first kappa shape index (κ1) is 16.6. The maximum Gasteiger partial charge on any atom is 0.229 e. The molecule has 0 radical (unpaired) electrons. The number of hydrogen-bond donors (Lipinski definition) is 1. The summed E-state index contributed by atoms with van der Waals surface area (Å²) in [7, 11) is 0. The largest absolute Gasteiger partial charge is 0.323 e. The quantitative estimate of drug-likeness (QED) is 0.863. The van der Waals surface area contributed by atoms with Crippen LogP contribution in [-0.2, 0) is 9.59 Å². The van der Waals surface area contributed by atoms with Gasteiger partial charge in [0.25, 0.3) is 0 Å². The standard InChI is InChI=1S/C18H16BrFN2O2/c1-11-8-13(19)6-7-16(11)22-10-12(9-17(22)23)18(24)21-15-5-3-2-4-14(15)20/h2-8,12H,9-10H2,1H3,(H,21,24)/t12-/m0/s1. The second-order valence-corrected chi connectivity index (χ2v) is 6.72. The molecule has 0 unspecified atom stereocenters. The summed E-state index contributed by atoms with van der Waals surface area (Å²) in [5.41, 5.74) is 1.88. The summed E-state index contributed by atoms with van der Waals surface area (Å²) >= 11 is 3.40. The third-order valence-corrected chi connectivity index (χ3v) is 4.57. The van der Waals surface area contributed by atoms with Gasteiger partial charge < -0.3 is 10.2 Å². The van der Waals surface area contributed by atoms with Crippen LogP contribution in [0.5, 0.6) is 0 Å². The fourth-order valence-electron chi connectivity index (χ4n) is 2.84. The lowest BCUT2D eigenvalue weighted by molar-refractivity contribution is -0.122. The highest BCUT2D eigenvalue weighted by Gasteiger charge is 2.35. The number of benzene rings is 2. The minimum Gasteiger partial charge on any atom is -0.323 e. The zero-order chi connectivity index (χ0) is 17.3. The smallest absolute Gasteiger partial charge is 0.229 e. The van der Waals surface area contributed by atoms with E-state index in [1.54, 1.807) is 17.0 Å². The average molecular weight is 391 g/mol. The molecule has 3 rings (SSSR count). The summed E-state index contributed by atoms with van der Waals surface area (Å²) < 4.78 is 14.6. The van der Waals surface area contributed by atoms with Crippen LogP contribution < -0.4 is 10.2 Å². The number of amides is 2. The molecule has 2 aromatic rings. The van der Waals surface area contributed by atoms with Gasteiger partial charge in [0.05, 0.1) is 11.6 Å². The number of aryl methyl sites for hydroxylation is 1. The summed E-state index contributed by atoms with van der Waals surface area (Å²) in [4.78, 5) is 26.3. The maximum atomic E-state index is 13.6. The highest BCUT2D eigenvalue weighted by atomic mass is 79.9. The van der Waals surface area contributed by atoms with Gasteiger partial charge in [-0.05, 0) is 42.8 Å². The van der Waals surface area contributed by atoms with Crippen molar-refractivity contribution in [3.8, 4) is 0 Å². The van der Waals surface area contributed by atoms with Crippen molar-refractivity contribution in [2.24, 2.45) is 5.92 Å². The number of nitrogens with zero attached hydrogens (tertiary/aromatic N) is 1. The van der Waals surface area contributed by atoms with Gasteiger partial charge in [0.2, 0.25) is 11.8 Å². The van der Waals surface area contributed by atoms with E-state index < -0.39 is 11.7 Å². The second kappa shape index (κ2) is 6.73. The van der Waals surface area contributed by atoms with Crippen LogP contribution in [0.1, 0.15) is 12.0 Å². The summed E-state index contributed by atoms with van der Waals surface area (Å²) in [6, 6.07) is 11.6. The Kier molecular flexibility index (Phi) is 4.66. The van der Waals surface area contributed by atoms with Crippen LogP contribution in [0.2, 0.25) is 0 Å². The van der Waals surface area contributed by atoms with E-state index in [1.807, 2.05) is 25.1 Å². The molecule has 0 bridgehead atoms. The van der Waals surface area contributed by atoms with Gasteiger partial charge >= 0.3 is 0 Å². The molecule has 0 saturated carbocycles. The summed E-state index contributed by atoms with van der Waals surface area (Å²) in [6.45, 7) is 2.21. The molecule has 1 aliphatic heterocycles. The number of rotatable bonds is 3. The van der Waals surface area contributed by atoms with Crippen molar-refractivity contribution in [2.45, 2.75) is 13.3 Å².